The first kappa shape index (κ1) is 17.3. The third-order valence-corrected chi connectivity index (χ3v) is 7.57. The van der Waals surface area contributed by atoms with Crippen molar-refractivity contribution in [2.75, 3.05) is 13.7 Å². The predicted molar refractivity (Wildman–Crippen MR) is 94.8 cm³/mol. The SMILES string of the molecule is COC1(CNC(=O)C(=O)NC2CCCCC2)C2CC3CC(C2)CC1C3. The summed E-state index contributed by atoms with van der Waals surface area (Å²) in [5.74, 6) is 1.83. The number of amides is 2. The second-order valence-electron chi connectivity index (χ2n) is 8.95. The van der Waals surface area contributed by atoms with Crippen molar-refractivity contribution in [3.63, 3.8) is 0 Å². The number of rotatable bonds is 4. The van der Waals surface area contributed by atoms with E-state index in [1.54, 1.807) is 7.11 Å². The Morgan fingerprint density at radius 3 is 2.08 bits per heavy atom. The topological polar surface area (TPSA) is 67.4 Å². The number of hydrogen-bond donors (Lipinski definition) is 2. The van der Waals surface area contributed by atoms with E-state index in [9.17, 15) is 9.59 Å². The van der Waals surface area contributed by atoms with E-state index < -0.39 is 11.8 Å². The summed E-state index contributed by atoms with van der Waals surface area (Å²) in [6.45, 7) is 0.481. The smallest absolute Gasteiger partial charge is 0.309 e. The molecule has 5 heteroatoms. The maximum absolute atomic E-state index is 12.3. The molecule has 0 heterocycles. The van der Waals surface area contributed by atoms with Gasteiger partial charge in [0.15, 0.2) is 0 Å². The largest absolute Gasteiger partial charge is 0.376 e. The van der Waals surface area contributed by atoms with E-state index in [1.165, 1.54) is 38.5 Å². The minimum absolute atomic E-state index is 0.171. The molecule has 4 bridgehead atoms. The van der Waals surface area contributed by atoms with Gasteiger partial charge in [0.1, 0.15) is 0 Å². The maximum Gasteiger partial charge on any atom is 0.309 e. The lowest BCUT2D eigenvalue weighted by atomic mass is 9.49. The van der Waals surface area contributed by atoms with Crippen LogP contribution in [0.15, 0.2) is 0 Å². The Bertz CT molecular complexity index is 499. The van der Waals surface area contributed by atoms with E-state index >= 15 is 0 Å². The maximum atomic E-state index is 12.3. The fourth-order valence-electron chi connectivity index (χ4n) is 6.47. The third kappa shape index (κ3) is 3.20. The van der Waals surface area contributed by atoms with Gasteiger partial charge in [-0.05, 0) is 68.6 Å². The predicted octanol–water partition coefficient (Wildman–Crippen LogP) is 2.39. The van der Waals surface area contributed by atoms with E-state index in [4.69, 9.17) is 4.74 Å². The van der Waals surface area contributed by atoms with Crippen LogP contribution in [0.25, 0.3) is 0 Å². The highest BCUT2D eigenvalue weighted by atomic mass is 16.5. The van der Waals surface area contributed by atoms with Gasteiger partial charge in [0, 0.05) is 19.7 Å². The molecule has 0 aromatic carbocycles. The normalized spacial score (nSPS) is 40.0. The lowest BCUT2D eigenvalue weighted by Crippen LogP contribution is -2.63. The number of carbonyl (C=O) groups is 2. The second-order valence-corrected chi connectivity index (χ2v) is 8.95. The van der Waals surface area contributed by atoms with E-state index in [0.29, 0.717) is 18.4 Å². The number of methoxy groups -OCH3 is 1. The zero-order valence-electron chi connectivity index (χ0n) is 15.4. The molecule has 2 N–H and O–H groups in total. The van der Waals surface area contributed by atoms with Crippen LogP contribution < -0.4 is 10.6 Å². The van der Waals surface area contributed by atoms with Gasteiger partial charge in [-0.2, -0.15) is 0 Å². The Balaban J connectivity index is 1.34. The summed E-state index contributed by atoms with van der Waals surface area (Å²) in [6.07, 6.45) is 11.8. The molecule has 5 fully saturated rings. The van der Waals surface area contributed by atoms with Gasteiger partial charge >= 0.3 is 11.8 Å². The average Bonchev–Trinajstić information content (AvgIpc) is 2.62. The summed E-state index contributed by atoms with van der Waals surface area (Å²) >= 11 is 0. The van der Waals surface area contributed by atoms with E-state index in [-0.39, 0.29) is 11.6 Å². The van der Waals surface area contributed by atoms with Gasteiger partial charge < -0.3 is 15.4 Å². The van der Waals surface area contributed by atoms with Gasteiger partial charge in [-0.3, -0.25) is 9.59 Å². The molecular formula is C20H32N2O3. The Kier molecular flexibility index (Phi) is 4.78. The molecule has 0 aromatic heterocycles. The fourth-order valence-corrected chi connectivity index (χ4v) is 6.47. The van der Waals surface area contributed by atoms with Crippen LogP contribution in [0.3, 0.4) is 0 Å². The van der Waals surface area contributed by atoms with Crippen LogP contribution in [0.4, 0.5) is 0 Å². The van der Waals surface area contributed by atoms with Crippen molar-refractivity contribution in [2.45, 2.75) is 75.9 Å². The first-order valence-corrected chi connectivity index (χ1v) is 10.2. The zero-order valence-corrected chi connectivity index (χ0v) is 15.4. The van der Waals surface area contributed by atoms with Gasteiger partial charge in [-0.1, -0.05) is 19.3 Å². The van der Waals surface area contributed by atoms with Gasteiger partial charge in [0.25, 0.3) is 0 Å². The van der Waals surface area contributed by atoms with Crippen LogP contribution >= 0.6 is 0 Å². The summed E-state index contributed by atoms with van der Waals surface area (Å²) < 4.78 is 6.05. The molecular weight excluding hydrogens is 316 g/mol. The zero-order chi connectivity index (χ0) is 17.4. The molecule has 5 aliphatic carbocycles. The molecule has 0 spiro atoms. The molecule has 0 unspecified atom stereocenters. The van der Waals surface area contributed by atoms with Crippen LogP contribution in [-0.4, -0.2) is 37.1 Å². The van der Waals surface area contributed by atoms with E-state index in [0.717, 1.165) is 37.5 Å². The van der Waals surface area contributed by atoms with Crippen molar-refractivity contribution in [3.05, 3.63) is 0 Å². The fraction of sp³-hybridized carbons (Fsp3) is 0.900. The van der Waals surface area contributed by atoms with Crippen LogP contribution in [0.5, 0.6) is 0 Å². The first-order valence-electron chi connectivity index (χ1n) is 10.2. The monoisotopic (exact) mass is 348 g/mol. The van der Waals surface area contributed by atoms with Crippen molar-refractivity contribution in [3.8, 4) is 0 Å². The summed E-state index contributed by atoms with van der Waals surface area (Å²) in [5.41, 5.74) is -0.256. The van der Waals surface area contributed by atoms with Gasteiger partial charge in [-0.15, -0.1) is 0 Å². The first-order chi connectivity index (χ1) is 12.1. The Labute approximate surface area is 150 Å². The van der Waals surface area contributed by atoms with Crippen molar-refractivity contribution >= 4 is 11.8 Å². The van der Waals surface area contributed by atoms with Crippen LogP contribution in [0.2, 0.25) is 0 Å². The third-order valence-electron chi connectivity index (χ3n) is 7.57. The van der Waals surface area contributed by atoms with Crippen LogP contribution in [0.1, 0.15) is 64.2 Å². The molecule has 140 valence electrons. The molecule has 0 saturated heterocycles. The molecule has 2 amide bonds. The average molecular weight is 348 g/mol. The quantitative estimate of drug-likeness (QED) is 0.767. The number of ether oxygens (including phenoxy) is 1. The van der Waals surface area contributed by atoms with E-state index in [2.05, 4.69) is 10.6 Å². The lowest BCUT2D eigenvalue weighted by Gasteiger charge is -2.60. The minimum Gasteiger partial charge on any atom is -0.376 e. The standard InChI is InChI=1S/C20H32N2O3/c1-25-20(15-8-13-7-14(10-15)11-16(20)9-13)12-21-18(23)19(24)22-17-5-3-2-4-6-17/h13-17H,2-12H2,1H3,(H,21,23)(H,22,24). The van der Waals surface area contributed by atoms with Crippen molar-refractivity contribution in [1.82, 2.24) is 10.6 Å². The number of carbonyl (C=O) groups excluding carboxylic acids is 2. The van der Waals surface area contributed by atoms with Gasteiger partial charge in [0.05, 0.1) is 5.60 Å². The second kappa shape index (κ2) is 6.90. The van der Waals surface area contributed by atoms with Crippen molar-refractivity contribution in [1.29, 1.82) is 0 Å². The number of hydrogen-bond acceptors (Lipinski definition) is 3. The summed E-state index contributed by atoms with van der Waals surface area (Å²) in [7, 11) is 1.79. The Morgan fingerprint density at radius 2 is 1.52 bits per heavy atom. The van der Waals surface area contributed by atoms with Crippen LogP contribution in [0, 0.1) is 23.7 Å². The molecule has 5 saturated carbocycles. The molecule has 5 aliphatic rings. The summed E-state index contributed by atoms with van der Waals surface area (Å²) in [4.78, 5) is 24.5. The molecule has 5 rings (SSSR count). The Morgan fingerprint density at radius 1 is 0.920 bits per heavy atom. The number of nitrogens with one attached hydrogen (secondary N) is 2. The van der Waals surface area contributed by atoms with Crippen molar-refractivity contribution in [2.24, 2.45) is 23.7 Å². The molecule has 25 heavy (non-hydrogen) atoms. The highest BCUT2D eigenvalue weighted by Crippen LogP contribution is 2.59. The van der Waals surface area contributed by atoms with Crippen LogP contribution in [-0.2, 0) is 14.3 Å². The van der Waals surface area contributed by atoms with Gasteiger partial charge in [0.2, 0.25) is 0 Å². The molecule has 0 atom stereocenters. The highest BCUT2D eigenvalue weighted by Gasteiger charge is 2.57. The summed E-state index contributed by atoms with van der Waals surface area (Å²) in [5, 5.41) is 5.83. The van der Waals surface area contributed by atoms with E-state index in [1.807, 2.05) is 0 Å². The molecule has 0 aromatic rings. The lowest BCUT2D eigenvalue weighted by molar-refractivity contribution is -0.188. The molecule has 0 aliphatic heterocycles. The molecule has 5 nitrogen and oxygen atoms in total. The summed E-state index contributed by atoms with van der Waals surface area (Å²) in [6, 6.07) is 0.171. The molecule has 0 radical (unpaired) electrons. The van der Waals surface area contributed by atoms with Crippen molar-refractivity contribution < 1.29 is 14.3 Å². The minimum atomic E-state index is -0.490. The van der Waals surface area contributed by atoms with Gasteiger partial charge in [-0.25, -0.2) is 0 Å². The highest BCUT2D eigenvalue weighted by molar-refractivity contribution is 6.35. The Hall–Kier alpha value is -1.10.